The van der Waals surface area contributed by atoms with Gasteiger partial charge in [0.05, 0.1) is 24.7 Å². The lowest BCUT2D eigenvalue weighted by Crippen LogP contribution is -2.43. The van der Waals surface area contributed by atoms with Crippen molar-refractivity contribution in [1.82, 2.24) is 15.6 Å². The minimum absolute atomic E-state index is 0.0260. The summed E-state index contributed by atoms with van der Waals surface area (Å²) in [7, 11) is 1.63. The molecule has 3 N–H and O–H groups in total. The lowest BCUT2D eigenvalue weighted by Gasteiger charge is -2.31. The molecule has 3 heterocycles. The molecule has 8 heteroatoms. The van der Waals surface area contributed by atoms with Crippen molar-refractivity contribution in [3.8, 4) is 5.75 Å². The Hall–Kier alpha value is -3.39. The van der Waals surface area contributed by atoms with E-state index in [1.165, 1.54) is 0 Å². The Balaban J connectivity index is 1.55. The van der Waals surface area contributed by atoms with Crippen molar-refractivity contribution in [1.29, 1.82) is 0 Å². The molecule has 0 saturated carbocycles. The summed E-state index contributed by atoms with van der Waals surface area (Å²) in [6.07, 6.45) is 5.26. The molecule has 30 heavy (non-hydrogen) atoms. The van der Waals surface area contributed by atoms with Gasteiger partial charge in [0, 0.05) is 44.0 Å². The van der Waals surface area contributed by atoms with Crippen LogP contribution in [0.15, 0.2) is 59.5 Å². The first-order valence-electron chi connectivity index (χ1n) is 10.1. The van der Waals surface area contributed by atoms with Gasteiger partial charge in [-0.25, -0.2) is 4.99 Å². The maximum absolute atomic E-state index is 13.0. The lowest BCUT2D eigenvalue weighted by atomic mass is 10.1. The molecule has 2 aliphatic heterocycles. The Morgan fingerprint density at radius 3 is 2.70 bits per heavy atom. The van der Waals surface area contributed by atoms with Gasteiger partial charge < -0.3 is 25.6 Å². The molecule has 0 radical (unpaired) electrons. The molecule has 4 rings (SSSR count). The van der Waals surface area contributed by atoms with Gasteiger partial charge in [0.25, 0.3) is 5.91 Å². The largest absolute Gasteiger partial charge is 0.497 e. The molecular formula is C22H26N6O2. The number of methoxy groups -OCH3 is 1. The number of ether oxygens (including phenoxy) is 1. The van der Waals surface area contributed by atoms with Gasteiger partial charge in [0.2, 0.25) is 0 Å². The van der Waals surface area contributed by atoms with Crippen molar-refractivity contribution in [2.24, 2.45) is 4.99 Å². The molecule has 156 valence electrons. The van der Waals surface area contributed by atoms with Gasteiger partial charge in [-0.1, -0.05) is 0 Å². The zero-order valence-electron chi connectivity index (χ0n) is 17.2. The second-order valence-corrected chi connectivity index (χ2v) is 7.26. The molecule has 2 aliphatic rings. The van der Waals surface area contributed by atoms with Gasteiger partial charge >= 0.3 is 0 Å². The fourth-order valence-corrected chi connectivity index (χ4v) is 3.56. The number of hydrogen-bond acceptors (Lipinski definition) is 7. The van der Waals surface area contributed by atoms with Gasteiger partial charge in [-0.2, -0.15) is 0 Å². The Labute approximate surface area is 176 Å². The molecule has 0 aliphatic carbocycles. The highest BCUT2D eigenvalue weighted by Gasteiger charge is 2.21. The Morgan fingerprint density at radius 2 is 1.97 bits per heavy atom. The molecule has 8 nitrogen and oxygen atoms in total. The van der Waals surface area contributed by atoms with Gasteiger partial charge in [-0.3, -0.25) is 9.78 Å². The Bertz CT molecular complexity index is 964. The van der Waals surface area contributed by atoms with Gasteiger partial charge in [0.15, 0.2) is 0 Å². The number of benzene rings is 1. The first-order valence-corrected chi connectivity index (χ1v) is 10.1. The number of amidine groups is 1. The molecular weight excluding hydrogens is 380 g/mol. The van der Waals surface area contributed by atoms with Crippen LogP contribution < -0.4 is 25.6 Å². The highest BCUT2D eigenvalue weighted by molar-refractivity contribution is 6.10. The number of rotatable bonds is 5. The molecule has 1 atom stereocenters. The average Bonchev–Trinajstić information content (AvgIpc) is 2.79. The number of aromatic nitrogens is 1. The number of anilines is 2. The van der Waals surface area contributed by atoms with E-state index in [4.69, 9.17) is 4.74 Å². The standard InChI is InChI=1S/C22H26N6O2/c1-15-13-18(26-21(25-15)16-3-5-17(30-2)6-4-16)22(29)27-19-14-24-8-7-20(19)28-11-9-23-10-12-28/h3-8,13-15,23H,9-12H2,1-2H3,(H,25,26)(H,27,29). The number of carbonyl (C=O) groups is 1. The van der Waals surface area contributed by atoms with E-state index in [1.807, 2.05) is 43.3 Å². The predicted octanol–water partition coefficient (Wildman–Crippen LogP) is 1.76. The summed E-state index contributed by atoms with van der Waals surface area (Å²) in [5, 5.41) is 9.65. The van der Waals surface area contributed by atoms with E-state index < -0.39 is 0 Å². The Morgan fingerprint density at radius 1 is 1.20 bits per heavy atom. The molecule has 1 saturated heterocycles. The fourth-order valence-electron chi connectivity index (χ4n) is 3.56. The summed E-state index contributed by atoms with van der Waals surface area (Å²) in [6.45, 7) is 5.59. The predicted molar refractivity (Wildman–Crippen MR) is 118 cm³/mol. The normalized spacial score (nSPS) is 18.7. The van der Waals surface area contributed by atoms with Crippen LogP contribution in [-0.4, -0.2) is 56.1 Å². The number of piperazine rings is 1. The van der Waals surface area contributed by atoms with Crippen LogP contribution in [0.5, 0.6) is 5.75 Å². The SMILES string of the molecule is COc1ccc(C2=NC(C(=O)Nc3cnccc3N3CCNCC3)=CC(C)N2)cc1. The van der Waals surface area contributed by atoms with Crippen molar-refractivity contribution in [2.45, 2.75) is 13.0 Å². The summed E-state index contributed by atoms with van der Waals surface area (Å²) >= 11 is 0. The summed E-state index contributed by atoms with van der Waals surface area (Å²) in [4.78, 5) is 24.0. The van der Waals surface area contributed by atoms with Crippen LogP contribution in [0.2, 0.25) is 0 Å². The van der Waals surface area contributed by atoms with Gasteiger partial charge in [0.1, 0.15) is 17.3 Å². The van der Waals surface area contributed by atoms with E-state index in [0.717, 1.165) is 43.2 Å². The van der Waals surface area contributed by atoms with Gasteiger partial charge in [-0.05, 0) is 43.3 Å². The zero-order valence-corrected chi connectivity index (χ0v) is 17.2. The first-order chi connectivity index (χ1) is 14.6. The van der Waals surface area contributed by atoms with Crippen LogP contribution in [0.25, 0.3) is 0 Å². The van der Waals surface area contributed by atoms with Crippen LogP contribution in [0, 0.1) is 0 Å². The highest BCUT2D eigenvalue weighted by atomic mass is 16.5. The van der Waals surface area contributed by atoms with Crippen LogP contribution in [0.3, 0.4) is 0 Å². The minimum atomic E-state index is -0.251. The molecule has 0 bridgehead atoms. The van der Waals surface area contributed by atoms with Crippen molar-refractivity contribution in [3.05, 3.63) is 60.1 Å². The molecule has 1 aromatic carbocycles. The summed E-state index contributed by atoms with van der Waals surface area (Å²) < 4.78 is 5.21. The smallest absolute Gasteiger partial charge is 0.274 e. The van der Waals surface area contributed by atoms with E-state index in [0.29, 0.717) is 17.2 Å². The number of nitrogens with zero attached hydrogens (tertiary/aromatic N) is 3. The molecule has 0 spiro atoms. The highest BCUT2D eigenvalue weighted by Crippen LogP contribution is 2.26. The number of amides is 1. The van der Waals surface area contributed by atoms with E-state index in [-0.39, 0.29) is 11.9 Å². The van der Waals surface area contributed by atoms with Crippen molar-refractivity contribution < 1.29 is 9.53 Å². The third kappa shape index (κ3) is 4.44. The fraction of sp³-hybridized carbons (Fsp3) is 0.318. The molecule has 1 unspecified atom stereocenters. The zero-order chi connectivity index (χ0) is 20.9. The summed E-state index contributed by atoms with van der Waals surface area (Å²) in [5.41, 5.74) is 2.94. The molecule has 2 aromatic rings. The van der Waals surface area contributed by atoms with Crippen LogP contribution in [0.4, 0.5) is 11.4 Å². The third-order valence-corrected chi connectivity index (χ3v) is 5.10. The maximum atomic E-state index is 13.0. The van der Waals surface area contributed by atoms with Crippen molar-refractivity contribution >= 4 is 23.1 Å². The van der Waals surface area contributed by atoms with Gasteiger partial charge in [-0.15, -0.1) is 0 Å². The average molecular weight is 406 g/mol. The summed E-state index contributed by atoms with van der Waals surface area (Å²) in [5.74, 6) is 1.18. The maximum Gasteiger partial charge on any atom is 0.274 e. The lowest BCUT2D eigenvalue weighted by molar-refractivity contribution is -0.112. The van der Waals surface area contributed by atoms with E-state index in [1.54, 1.807) is 19.5 Å². The third-order valence-electron chi connectivity index (χ3n) is 5.10. The summed E-state index contributed by atoms with van der Waals surface area (Å²) in [6, 6.07) is 9.49. The topological polar surface area (TPSA) is 90.9 Å². The first kappa shape index (κ1) is 19.9. The molecule has 1 aromatic heterocycles. The monoisotopic (exact) mass is 406 g/mol. The number of hydrogen-bond donors (Lipinski definition) is 3. The van der Waals surface area contributed by atoms with Crippen LogP contribution >= 0.6 is 0 Å². The van der Waals surface area contributed by atoms with E-state index in [9.17, 15) is 4.79 Å². The molecule has 1 fully saturated rings. The van der Waals surface area contributed by atoms with Crippen molar-refractivity contribution in [2.75, 3.05) is 43.5 Å². The van der Waals surface area contributed by atoms with Crippen LogP contribution in [0.1, 0.15) is 12.5 Å². The number of carbonyl (C=O) groups excluding carboxylic acids is 1. The molecule has 1 amide bonds. The number of pyridine rings is 1. The second-order valence-electron chi connectivity index (χ2n) is 7.26. The quantitative estimate of drug-likeness (QED) is 0.701. The van der Waals surface area contributed by atoms with Crippen LogP contribution in [-0.2, 0) is 4.79 Å². The van der Waals surface area contributed by atoms with E-state index >= 15 is 0 Å². The van der Waals surface area contributed by atoms with E-state index in [2.05, 4.69) is 30.8 Å². The number of aliphatic imine (C=N–C) groups is 1. The Kier molecular flexibility index (Phi) is 5.94. The minimum Gasteiger partial charge on any atom is -0.497 e. The second kappa shape index (κ2) is 8.96. The number of nitrogens with one attached hydrogen (secondary N) is 3. The van der Waals surface area contributed by atoms with Crippen molar-refractivity contribution in [3.63, 3.8) is 0 Å².